The smallest absolute Gasteiger partial charge is 0.258 e. The number of carbonyl (C=O) groups is 2. The number of ether oxygens (including phenoxy) is 1. The number of nitrogens with zero attached hydrogens (tertiary/aromatic N) is 5. The Labute approximate surface area is 259 Å². The van der Waals surface area contributed by atoms with Gasteiger partial charge in [-0.2, -0.15) is 0 Å². The number of aryl methyl sites for hydroxylation is 1. The number of likely N-dealkylation sites (N-methyl/N-ethyl adjacent to an activating group) is 1. The minimum Gasteiger partial charge on any atom is -0.369 e. The molecule has 1 saturated heterocycles. The molecule has 4 fully saturated rings. The maximum Gasteiger partial charge on any atom is 0.258 e. The van der Waals surface area contributed by atoms with E-state index in [0.29, 0.717) is 31.3 Å². The predicted octanol–water partition coefficient (Wildman–Crippen LogP) is 3.56. The molecule has 0 bridgehead atoms. The van der Waals surface area contributed by atoms with Gasteiger partial charge in [-0.15, -0.1) is 0 Å². The summed E-state index contributed by atoms with van der Waals surface area (Å²) in [6, 6.07) is 5.10. The normalized spacial score (nSPS) is 34.4. The van der Waals surface area contributed by atoms with Crippen LogP contribution in [0.4, 0.5) is 4.39 Å². The van der Waals surface area contributed by atoms with Gasteiger partial charge in [0.15, 0.2) is 5.78 Å². The molecule has 3 saturated carbocycles. The second-order valence-electron chi connectivity index (χ2n) is 13.6. The van der Waals surface area contributed by atoms with Crippen molar-refractivity contribution in [1.29, 1.82) is 0 Å². The van der Waals surface area contributed by atoms with Gasteiger partial charge in [-0.25, -0.2) is 9.37 Å². The van der Waals surface area contributed by atoms with Crippen LogP contribution in [0.1, 0.15) is 57.1 Å². The predicted molar refractivity (Wildman–Crippen MR) is 163 cm³/mol. The summed E-state index contributed by atoms with van der Waals surface area (Å²) in [5.41, 5.74) is 1.10. The Morgan fingerprint density at radius 3 is 2.86 bits per heavy atom. The van der Waals surface area contributed by atoms with Crippen molar-refractivity contribution in [1.82, 2.24) is 29.7 Å². The first-order chi connectivity index (χ1) is 21.5. The third kappa shape index (κ3) is 5.60. The highest BCUT2D eigenvalue weighted by Crippen LogP contribution is 2.51. The van der Waals surface area contributed by atoms with E-state index >= 15 is 4.39 Å². The standard InChI is InChI=1S/C34H45FN6O3/c1-39(17-12-23-8-4-5-13-37-23)34(43)26-20-41-30-24-9-3-2-7-22(24)10-11-28(30)44-33-29(27(35)19-25(31(33)41)32(26)42)38-14-6-16-40-18-15-36-21-40/h4-5,8,13,15,18,20-22,24-25,27-31,33,38H,2-3,6-7,9-12,14,16-17,19H2,1H3. The topological polar surface area (TPSA) is 92.6 Å². The van der Waals surface area contributed by atoms with E-state index in [9.17, 15) is 9.59 Å². The highest BCUT2D eigenvalue weighted by Gasteiger charge is 2.60. The summed E-state index contributed by atoms with van der Waals surface area (Å²) in [4.78, 5) is 40.4. The number of fused-ring (bicyclic) bond motifs is 4. The SMILES string of the molecule is CN(CCc1ccccn1)C(=O)C1=CN2C3C(CCC4CCCCC43)OC3C(NCCCn4ccnc4)C(F)CC(C1=O)C32. The molecule has 2 aromatic rings. The molecule has 1 N–H and O–H groups in total. The van der Waals surface area contributed by atoms with Crippen LogP contribution in [0.3, 0.4) is 0 Å². The fourth-order valence-electron chi connectivity index (χ4n) is 8.89. The van der Waals surface area contributed by atoms with Crippen molar-refractivity contribution < 1.29 is 18.7 Å². The fourth-order valence-corrected chi connectivity index (χ4v) is 8.89. The Balaban J connectivity index is 1.15. The first-order valence-electron chi connectivity index (χ1n) is 16.7. The Kier molecular flexibility index (Phi) is 8.55. The minimum atomic E-state index is -1.24. The number of rotatable bonds is 9. The van der Waals surface area contributed by atoms with Crippen LogP contribution in [-0.2, 0) is 27.3 Å². The zero-order valence-corrected chi connectivity index (χ0v) is 25.6. The molecule has 0 aromatic carbocycles. The van der Waals surface area contributed by atoms with Crippen LogP contribution in [0.5, 0.6) is 0 Å². The van der Waals surface area contributed by atoms with Crippen molar-refractivity contribution in [3.8, 4) is 0 Å². The molecule has 236 valence electrons. The zero-order valence-electron chi connectivity index (χ0n) is 25.6. The maximum atomic E-state index is 16.1. The summed E-state index contributed by atoms with van der Waals surface area (Å²) < 4.78 is 25.0. The third-order valence-electron chi connectivity index (χ3n) is 11.0. The van der Waals surface area contributed by atoms with E-state index in [0.717, 1.165) is 37.9 Å². The number of Topliss-reactive ketones (excluding diaryl/α,β-unsaturated/α-hetero) is 1. The first-order valence-corrected chi connectivity index (χ1v) is 16.7. The van der Waals surface area contributed by atoms with E-state index in [4.69, 9.17) is 4.74 Å². The molecule has 44 heavy (non-hydrogen) atoms. The molecule has 9 nitrogen and oxygen atoms in total. The minimum absolute atomic E-state index is 0.0283. The first kappa shape index (κ1) is 29.6. The molecule has 1 amide bonds. The maximum absolute atomic E-state index is 16.1. The highest BCUT2D eigenvalue weighted by molar-refractivity contribution is 6.20. The number of hydrogen-bond acceptors (Lipinski definition) is 7. The molecular weight excluding hydrogens is 559 g/mol. The van der Waals surface area contributed by atoms with E-state index in [1.54, 1.807) is 30.7 Å². The number of imidazole rings is 1. The van der Waals surface area contributed by atoms with Crippen molar-refractivity contribution in [2.75, 3.05) is 20.1 Å². The van der Waals surface area contributed by atoms with Gasteiger partial charge in [0.25, 0.3) is 5.91 Å². The van der Waals surface area contributed by atoms with Gasteiger partial charge in [0.1, 0.15) is 6.17 Å². The summed E-state index contributed by atoms with van der Waals surface area (Å²) in [6.45, 7) is 1.90. The van der Waals surface area contributed by atoms with Crippen LogP contribution in [0, 0.1) is 17.8 Å². The largest absolute Gasteiger partial charge is 0.369 e. The van der Waals surface area contributed by atoms with E-state index in [2.05, 4.69) is 20.2 Å². The molecule has 4 heterocycles. The number of amides is 1. The molecule has 0 radical (unpaired) electrons. The Bertz CT molecular complexity index is 1340. The van der Waals surface area contributed by atoms with Gasteiger partial charge in [-0.3, -0.25) is 14.6 Å². The van der Waals surface area contributed by atoms with Crippen LogP contribution in [0.15, 0.2) is 54.9 Å². The number of morpholine rings is 1. The Morgan fingerprint density at radius 1 is 1.16 bits per heavy atom. The van der Waals surface area contributed by atoms with Gasteiger partial charge in [-0.05, 0) is 62.6 Å². The second kappa shape index (κ2) is 12.7. The molecule has 2 aliphatic heterocycles. The average molecular weight is 605 g/mol. The molecular formula is C34H45FN6O3. The molecule has 3 aliphatic carbocycles. The lowest BCUT2D eigenvalue weighted by atomic mass is 9.63. The summed E-state index contributed by atoms with van der Waals surface area (Å²) in [5.74, 6) is -0.00157. The summed E-state index contributed by atoms with van der Waals surface area (Å²) >= 11 is 0. The number of pyridine rings is 1. The Hall–Kier alpha value is -3.11. The summed E-state index contributed by atoms with van der Waals surface area (Å²) in [5, 5.41) is 3.50. The van der Waals surface area contributed by atoms with Crippen LogP contribution < -0.4 is 5.32 Å². The van der Waals surface area contributed by atoms with Gasteiger partial charge in [0.2, 0.25) is 0 Å². The molecule has 0 spiro atoms. The average Bonchev–Trinajstić information content (AvgIpc) is 3.57. The number of ketones is 1. The zero-order chi connectivity index (χ0) is 30.2. The van der Waals surface area contributed by atoms with Crippen molar-refractivity contribution in [3.05, 3.63) is 60.6 Å². The van der Waals surface area contributed by atoms with Crippen LogP contribution in [0.25, 0.3) is 0 Å². The molecule has 9 unspecified atom stereocenters. The molecule has 5 aliphatic rings. The number of nitrogens with one attached hydrogen (secondary N) is 1. The van der Waals surface area contributed by atoms with Crippen molar-refractivity contribution in [2.45, 2.75) is 101 Å². The van der Waals surface area contributed by atoms with Crippen molar-refractivity contribution in [3.63, 3.8) is 0 Å². The Morgan fingerprint density at radius 2 is 2.05 bits per heavy atom. The monoisotopic (exact) mass is 604 g/mol. The number of alkyl halides is 1. The van der Waals surface area contributed by atoms with Gasteiger partial charge < -0.3 is 24.4 Å². The van der Waals surface area contributed by atoms with E-state index in [1.807, 2.05) is 35.2 Å². The lowest BCUT2D eigenvalue weighted by Crippen LogP contribution is -2.74. The van der Waals surface area contributed by atoms with Gasteiger partial charge in [0, 0.05) is 63.0 Å². The van der Waals surface area contributed by atoms with E-state index in [-0.39, 0.29) is 41.9 Å². The summed E-state index contributed by atoms with van der Waals surface area (Å²) in [6.07, 6.45) is 15.9. The van der Waals surface area contributed by atoms with Crippen LogP contribution >= 0.6 is 0 Å². The molecule has 9 atom stereocenters. The highest BCUT2D eigenvalue weighted by atomic mass is 19.1. The van der Waals surface area contributed by atoms with Gasteiger partial charge in [-0.1, -0.05) is 25.3 Å². The van der Waals surface area contributed by atoms with Crippen molar-refractivity contribution >= 4 is 11.7 Å². The van der Waals surface area contributed by atoms with Crippen LogP contribution in [-0.4, -0.2) is 92.7 Å². The molecule has 7 rings (SSSR count). The van der Waals surface area contributed by atoms with E-state index < -0.39 is 24.2 Å². The number of hydrogen-bond donors (Lipinski definition) is 1. The summed E-state index contributed by atoms with van der Waals surface area (Å²) in [7, 11) is 1.75. The number of aromatic nitrogens is 3. The fraction of sp³-hybridized carbons (Fsp3) is 0.647. The quantitative estimate of drug-likeness (QED) is 0.346. The number of carbonyl (C=O) groups excluding carboxylic acids is 2. The van der Waals surface area contributed by atoms with Gasteiger partial charge >= 0.3 is 0 Å². The van der Waals surface area contributed by atoms with E-state index in [1.165, 1.54) is 19.3 Å². The third-order valence-corrected chi connectivity index (χ3v) is 11.0. The lowest BCUT2D eigenvalue weighted by molar-refractivity contribution is -0.215. The van der Waals surface area contributed by atoms with Crippen LogP contribution in [0.2, 0.25) is 0 Å². The number of halogens is 1. The van der Waals surface area contributed by atoms with Crippen molar-refractivity contribution in [2.24, 2.45) is 17.8 Å². The second-order valence-corrected chi connectivity index (χ2v) is 13.6. The van der Waals surface area contributed by atoms with Gasteiger partial charge in [0.05, 0.1) is 42.2 Å². The molecule has 2 aromatic heterocycles. The molecule has 10 heteroatoms. The lowest BCUT2D eigenvalue weighted by Gasteiger charge is -2.62.